The fraction of sp³-hybridized carbons (Fsp3) is 0.286. The predicted molar refractivity (Wildman–Crippen MR) is 76.2 cm³/mol. The molecular formula is C14H14N4O3. The van der Waals surface area contributed by atoms with E-state index in [4.69, 9.17) is 0 Å². The molecule has 0 fully saturated rings. The van der Waals surface area contributed by atoms with Crippen molar-refractivity contribution in [2.75, 3.05) is 0 Å². The van der Waals surface area contributed by atoms with E-state index in [9.17, 15) is 9.59 Å². The number of nitrogens with one attached hydrogen (secondary N) is 1. The standard InChI is InChI=1S/C14H14N4O3/c1-9-5-2-3-6-10(9)7-4-8-18-12-11(16-21-17-12)15-13(19)14(18)20/h2-3,5-6H,4,7-8H2,1H3,(H,15,16,19). The smallest absolute Gasteiger partial charge is 0.296 e. The maximum atomic E-state index is 11.9. The summed E-state index contributed by atoms with van der Waals surface area (Å²) in [5, 5.41) is 7.23. The lowest BCUT2D eigenvalue weighted by Crippen LogP contribution is -2.36. The fourth-order valence-electron chi connectivity index (χ4n) is 2.35. The fourth-order valence-corrected chi connectivity index (χ4v) is 2.35. The number of hydrogen-bond acceptors (Lipinski definition) is 5. The number of aromatic amines is 1. The van der Waals surface area contributed by atoms with Crippen LogP contribution in [0.4, 0.5) is 0 Å². The Bertz CT molecular complexity index is 891. The summed E-state index contributed by atoms with van der Waals surface area (Å²) < 4.78 is 5.88. The quantitative estimate of drug-likeness (QED) is 0.722. The van der Waals surface area contributed by atoms with E-state index in [-0.39, 0.29) is 11.3 Å². The molecule has 3 aromatic rings. The van der Waals surface area contributed by atoms with Gasteiger partial charge in [-0.15, -0.1) is 0 Å². The molecule has 0 spiro atoms. The third kappa shape index (κ3) is 2.49. The Morgan fingerprint density at radius 3 is 2.86 bits per heavy atom. The molecule has 0 aliphatic heterocycles. The third-order valence-corrected chi connectivity index (χ3v) is 3.49. The highest BCUT2D eigenvalue weighted by molar-refractivity contribution is 5.62. The summed E-state index contributed by atoms with van der Waals surface area (Å²) in [5.41, 5.74) is 1.55. The molecular weight excluding hydrogens is 272 g/mol. The molecule has 3 rings (SSSR count). The molecule has 7 nitrogen and oxygen atoms in total. The van der Waals surface area contributed by atoms with Crippen molar-refractivity contribution < 1.29 is 4.63 Å². The van der Waals surface area contributed by atoms with E-state index < -0.39 is 11.1 Å². The molecule has 0 bridgehead atoms. The van der Waals surface area contributed by atoms with Gasteiger partial charge in [-0.2, -0.15) is 0 Å². The van der Waals surface area contributed by atoms with E-state index in [1.807, 2.05) is 12.1 Å². The van der Waals surface area contributed by atoms with Crippen LogP contribution in [0.1, 0.15) is 17.5 Å². The van der Waals surface area contributed by atoms with E-state index in [1.165, 1.54) is 15.7 Å². The highest BCUT2D eigenvalue weighted by Crippen LogP contribution is 2.10. The van der Waals surface area contributed by atoms with Crippen LogP contribution >= 0.6 is 0 Å². The lowest BCUT2D eigenvalue weighted by Gasteiger charge is -2.07. The zero-order chi connectivity index (χ0) is 14.8. The Balaban J connectivity index is 1.84. The van der Waals surface area contributed by atoms with E-state index >= 15 is 0 Å². The van der Waals surface area contributed by atoms with Crippen molar-refractivity contribution in [3.63, 3.8) is 0 Å². The van der Waals surface area contributed by atoms with E-state index in [0.717, 1.165) is 12.8 Å². The molecule has 0 saturated carbocycles. The molecule has 21 heavy (non-hydrogen) atoms. The minimum Gasteiger partial charge on any atom is -0.296 e. The number of aromatic nitrogens is 4. The van der Waals surface area contributed by atoms with Crippen LogP contribution in [-0.4, -0.2) is 19.9 Å². The molecule has 0 saturated heterocycles. The minimum absolute atomic E-state index is 0.190. The minimum atomic E-state index is -0.714. The second kappa shape index (κ2) is 5.35. The van der Waals surface area contributed by atoms with Gasteiger partial charge in [0, 0.05) is 6.54 Å². The van der Waals surface area contributed by atoms with Crippen molar-refractivity contribution in [3.8, 4) is 0 Å². The van der Waals surface area contributed by atoms with Gasteiger partial charge in [0.1, 0.15) is 0 Å². The first kappa shape index (κ1) is 13.3. The van der Waals surface area contributed by atoms with Crippen molar-refractivity contribution in [3.05, 3.63) is 56.1 Å². The van der Waals surface area contributed by atoms with Gasteiger partial charge in [0.15, 0.2) is 0 Å². The first-order valence-electron chi connectivity index (χ1n) is 6.66. The summed E-state index contributed by atoms with van der Waals surface area (Å²) in [4.78, 5) is 25.8. The van der Waals surface area contributed by atoms with Crippen LogP contribution in [-0.2, 0) is 13.0 Å². The average Bonchev–Trinajstić information content (AvgIpc) is 2.92. The van der Waals surface area contributed by atoms with Crippen molar-refractivity contribution in [1.29, 1.82) is 0 Å². The summed E-state index contributed by atoms with van der Waals surface area (Å²) in [6.45, 7) is 2.44. The van der Waals surface area contributed by atoms with Gasteiger partial charge in [0.2, 0.25) is 11.3 Å². The van der Waals surface area contributed by atoms with Gasteiger partial charge in [0.05, 0.1) is 0 Å². The van der Waals surface area contributed by atoms with Gasteiger partial charge >= 0.3 is 11.1 Å². The summed E-state index contributed by atoms with van der Waals surface area (Å²) >= 11 is 0. The van der Waals surface area contributed by atoms with Crippen LogP contribution in [0.2, 0.25) is 0 Å². The Labute approximate surface area is 119 Å². The highest BCUT2D eigenvalue weighted by Gasteiger charge is 2.11. The third-order valence-electron chi connectivity index (χ3n) is 3.49. The first-order valence-corrected chi connectivity index (χ1v) is 6.66. The van der Waals surface area contributed by atoms with Crippen LogP contribution < -0.4 is 11.1 Å². The molecule has 2 heterocycles. The molecule has 0 amide bonds. The lowest BCUT2D eigenvalue weighted by atomic mass is 10.0. The second-order valence-electron chi connectivity index (χ2n) is 4.88. The highest BCUT2D eigenvalue weighted by atomic mass is 16.6. The van der Waals surface area contributed by atoms with Crippen LogP contribution in [0, 0.1) is 6.92 Å². The summed E-state index contributed by atoms with van der Waals surface area (Å²) in [6.07, 6.45) is 1.54. The first-order chi connectivity index (χ1) is 10.2. The SMILES string of the molecule is Cc1ccccc1CCCn1c(=O)c(=O)[nH]c2nonc21. The number of rotatable bonds is 4. The van der Waals surface area contributed by atoms with E-state index in [2.05, 4.69) is 39.0 Å². The molecule has 1 N–H and O–H groups in total. The molecule has 108 valence electrons. The van der Waals surface area contributed by atoms with Gasteiger partial charge in [-0.05, 0) is 41.2 Å². The van der Waals surface area contributed by atoms with Crippen LogP contribution in [0.5, 0.6) is 0 Å². The topological polar surface area (TPSA) is 93.8 Å². The van der Waals surface area contributed by atoms with Gasteiger partial charge < -0.3 is 0 Å². The zero-order valence-electron chi connectivity index (χ0n) is 11.5. The average molecular weight is 286 g/mol. The summed E-state index contributed by atoms with van der Waals surface area (Å²) in [5.74, 6) is 0. The van der Waals surface area contributed by atoms with Gasteiger partial charge in [-0.3, -0.25) is 19.1 Å². The van der Waals surface area contributed by atoms with E-state index in [0.29, 0.717) is 6.54 Å². The number of fused-ring (bicyclic) bond motifs is 1. The van der Waals surface area contributed by atoms with E-state index in [1.54, 1.807) is 0 Å². The van der Waals surface area contributed by atoms with Crippen LogP contribution in [0.15, 0.2) is 38.5 Å². The number of hydrogen-bond donors (Lipinski definition) is 1. The maximum Gasteiger partial charge on any atom is 0.318 e. The van der Waals surface area contributed by atoms with Crippen molar-refractivity contribution in [1.82, 2.24) is 19.9 Å². The van der Waals surface area contributed by atoms with Gasteiger partial charge in [-0.1, -0.05) is 24.3 Å². The number of aryl methyl sites for hydroxylation is 3. The lowest BCUT2D eigenvalue weighted by molar-refractivity contribution is 0.312. The predicted octanol–water partition coefficient (Wildman–Crippen LogP) is 1.01. The van der Waals surface area contributed by atoms with Gasteiger partial charge in [0.25, 0.3) is 0 Å². The largest absolute Gasteiger partial charge is 0.318 e. The Morgan fingerprint density at radius 2 is 2.05 bits per heavy atom. The molecule has 0 aliphatic rings. The molecule has 0 radical (unpaired) electrons. The van der Waals surface area contributed by atoms with Crippen molar-refractivity contribution in [2.45, 2.75) is 26.3 Å². The Kier molecular flexibility index (Phi) is 3.39. The number of nitrogens with zero attached hydrogens (tertiary/aromatic N) is 3. The number of H-pyrrole nitrogens is 1. The van der Waals surface area contributed by atoms with Crippen molar-refractivity contribution in [2.24, 2.45) is 0 Å². The van der Waals surface area contributed by atoms with Crippen LogP contribution in [0.25, 0.3) is 11.3 Å². The summed E-state index contributed by atoms with van der Waals surface area (Å²) in [7, 11) is 0. The van der Waals surface area contributed by atoms with Crippen LogP contribution in [0.3, 0.4) is 0 Å². The molecule has 0 aliphatic carbocycles. The molecule has 2 aromatic heterocycles. The molecule has 0 unspecified atom stereocenters. The second-order valence-corrected chi connectivity index (χ2v) is 4.88. The Hall–Kier alpha value is -2.70. The monoisotopic (exact) mass is 286 g/mol. The number of benzene rings is 1. The molecule has 0 atom stereocenters. The Morgan fingerprint density at radius 1 is 1.24 bits per heavy atom. The molecule has 7 heteroatoms. The van der Waals surface area contributed by atoms with Crippen molar-refractivity contribution >= 4 is 11.3 Å². The normalized spacial score (nSPS) is 11.1. The maximum absolute atomic E-state index is 11.9. The molecule has 1 aromatic carbocycles. The zero-order valence-corrected chi connectivity index (χ0v) is 11.5. The van der Waals surface area contributed by atoms with Gasteiger partial charge in [-0.25, -0.2) is 4.63 Å². The summed E-state index contributed by atoms with van der Waals surface area (Å²) in [6, 6.07) is 8.09.